The predicted octanol–water partition coefficient (Wildman–Crippen LogP) is 2.32. The highest BCUT2D eigenvalue weighted by atomic mass is 79.9. The van der Waals surface area contributed by atoms with Gasteiger partial charge in [0.1, 0.15) is 0 Å². The molecule has 1 aromatic rings. The molecule has 3 rings (SSSR count). The molecule has 0 saturated carbocycles. The maximum Gasteiger partial charge on any atom is 0.255 e. The molecule has 2 amide bonds. The first kappa shape index (κ1) is 15.5. The molecule has 0 aromatic carbocycles. The first-order valence-corrected chi connectivity index (χ1v) is 8.63. The second kappa shape index (κ2) is 6.77. The Morgan fingerprint density at radius 3 is 2.55 bits per heavy atom. The second-order valence-corrected chi connectivity index (χ2v) is 6.93. The summed E-state index contributed by atoms with van der Waals surface area (Å²) in [6.07, 6.45) is 7.22. The Morgan fingerprint density at radius 1 is 1.09 bits per heavy atom. The maximum absolute atomic E-state index is 12.6. The van der Waals surface area contributed by atoms with E-state index in [0.29, 0.717) is 12.1 Å². The summed E-state index contributed by atoms with van der Waals surface area (Å²) in [7, 11) is 0. The minimum atomic E-state index is -0.0455. The predicted molar refractivity (Wildman–Crippen MR) is 86.4 cm³/mol. The summed E-state index contributed by atoms with van der Waals surface area (Å²) in [5, 5.41) is 0. The van der Waals surface area contributed by atoms with Crippen molar-refractivity contribution in [2.75, 3.05) is 26.2 Å². The molecule has 118 valence electrons. The fourth-order valence-corrected chi connectivity index (χ4v) is 3.64. The summed E-state index contributed by atoms with van der Waals surface area (Å²) in [5.41, 5.74) is 0.573. The monoisotopic (exact) mass is 365 g/mol. The van der Waals surface area contributed by atoms with Crippen molar-refractivity contribution in [3.8, 4) is 0 Å². The summed E-state index contributed by atoms with van der Waals surface area (Å²) in [6, 6.07) is 1.78. The van der Waals surface area contributed by atoms with Gasteiger partial charge in [0.05, 0.1) is 11.5 Å². The lowest BCUT2D eigenvalue weighted by atomic mass is 9.96. The van der Waals surface area contributed by atoms with Crippen molar-refractivity contribution in [1.82, 2.24) is 14.8 Å². The van der Waals surface area contributed by atoms with E-state index in [-0.39, 0.29) is 17.7 Å². The Hall–Kier alpha value is -1.43. The van der Waals surface area contributed by atoms with Crippen molar-refractivity contribution in [3.05, 3.63) is 28.5 Å². The van der Waals surface area contributed by atoms with E-state index in [1.807, 2.05) is 4.90 Å². The molecule has 0 radical (unpaired) electrons. The molecule has 0 N–H and O–H groups in total. The van der Waals surface area contributed by atoms with Crippen LogP contribution >= 0.6 is 15.9 Å². The van der Waals surface area contributed by atoms with Crippen LogP contribution in [0.25, 0.3) is 0 Å². The summed E-state index contributed by atoms with van der Waals surface area (Å²) in [5.74, 6) is 0.144. The molecule has 2 saturated heterocycles. The van der Waals surface area contributed by atoms with Crippen LogP contribution in [0.4, 0.5) is 0 Å². The molecule has 0 bridgehead atoms. The van der Waals surface area contributed by atoms with Gasteiger partial charge in [0.2, 0.25) is 5.91 Å². The average molecular weight is 366 g/mol. The van der Waals surface area contributed by atoms with Gasteiger partial charge >= 0.3 is 0 Å². The fourth-order valence-electron chi connectivity index (χ4n) is 3.27. The van der Waals surface area contributed by atoms with Crippen molar-refractivity contribution in [2.45, 2.75) is 25.7 Å². The lowest BCUT2D eigenvalue weighted by Crippen LogP contribution is -2.46. The first-order valence-electron chi connectivity index (χ1n) is 7.84. The highest BCUT2D eigenvalue weighted by Crippen LogP contribution is 2.23. The minimum Gasteiger partial charge on any atom is -0.342 e. The number of nitrogens with zero attached hydrogens (tertiary/aromatic N) is 3. The molecule has 1 atom stereocenters. The zero-order chi connectivity index (χ0) is 15.5. The molecule has 1 unspecified atom stereocenters. The van der Waals surface area contributed by atoms with Gasteiger partial charge in [0.25, 0.3) is 5.91 Å². The minimum absolute atomic E-state index is 0.0345. The van der Waals surface area contributed by atoms with Gasteiger partial charge in [-0.2, -0.15) is 0 Å². The van der Waals surface area contributed by atoms with Gasteiger partial charge in [0, 0.05) is 43.0 Å². The number of amides is 2. The van der Waals surface area contributed by atoms with E-state index in [2.05, 4.69) is 20.9 Å². The quantitative estimate of drug-likeness (QED) is 0.807. The summed E-state index contributed by atoms with van der Waals surface area (Å²) in [4.78, 5) is 32.9. The van der Waals surface area contributed by atoms with Gasteiger partial charge in [-0.3, -0.25) is 14.6 Å². The molecule has 2 aliphatic rings. The van der Waals surface area contributed by atoms with E-state index in [0.717, 1.165) is 49.8 Å². The number of piperidine rings is 1. The van der Waals surface area contributed by atoms with Gasteiger partial charge in [-0.25, -0.2) is 0 Å². The molecule has 0 spiro atoms. The molecule has 2 fully saturated rings. The Morgan fingerprint density at radius 2 is 1.82 bits per heavy atom. The summed E-state index contributed by atoms with van der Waals surface area (Å²) >= 11 is 3.34. The van der Waals surface area contributed by atoms with Crippen LogP contribution < -0.4 is 0 Å². The molecule has 3 heterocycles. The maximum atomic E-state index is 12.6. The molecule has 1 aromatic heterocycles. The standard InChI is InChI=1S/C16H20BrN3O2/c17-14-8-13(9-18-10-14)16(22)20-7-3-4-12(11-20)15(21)19-5-1-2-6-19/h8-10,12H,1-7,11H2. The highest BCUT2D eigenvalue weighted by Gasteiger charge is 2.32. The second-order valence-electron chi connectivity index (χ2n) is 6.01. The van der Waals surface area contributed by atoms with Crippen LogP contribution in [-0.2, 0) is 4.79 Å². The van der Waals surface area contributed by atoms with Crippen molar-refractivity contribution in [3.63, 3.8) is 0 Å². The zero-order valence-electron chi connectivity index (χ0n) is 12.5. The largest absolute Gasteiger partial charge is 0.342 e. The third-order valence-corrected chi connectivity index (χ3v) is 4.86. The van der Waals surface area contributed by atoms with Crippen LogP contribution in [0, 0.1) is 5.92 Å². The average Bonchev–Trinajstić information content (AvgIpc) is 3.08. The highest BCUT2D eigenvalue weighted by molar-refractivity contribution is 9.10. The van der Waals surface area contributed by atoms with Gasteiger partial charge in [0.15, 0.2) is 0 Å². The van der Waals surface area contributed by atoms with Gasteiger partial charge < -0.3 is 9.80 Å². The van der Waals surface area contributed by atoms with Gasteiger partial charge in [-0.1, -0.05) is 0 Å². The van der Waals surface area contributed by atoms with E-state index in [4.69, 9.17) is 0 Å². The van der Waals surface area contributed by atoms with Gasteiger partial charge in [-0.15, -0.1) is 0 Å². The Balaban J connectivity index is 1.67. The van der Waals surface area contributed by atoms with Gasteiger partial charge in [-0.05, 0) is 47.7 Å². The van der Waals surface area contributed by atoms with Crippen LogP contribution in [-0.4, -0.2) is 52.8 Å². The number of pyridine rings is 1. The zero-order valence-corrected chi connectivity index (χ0v) is 14.1. The van der Waals surface area contributed by atoms with Crippen LogP contribution in [0.1, 0.15) is 36.0 Å². The number of hydrogen-bond donors (Lipinski definition) is 0. The SMILES string of the molecule is O=C(c1cncc(Br)c1)N1CCCC(C(=O)N2CCCC2)C1. The van der Waals surface area contributed by atoms with E-state index < -0.39 is 0 Å². The first-order chi connectivity index (χ1) is 10.6. The van der Waals surface area contributed by atoms with Crippen molar-refractivity contribution in [2.24, 2.45) is 5.92 Å². The number of carbonyl (C=O) groups is 2. The van der Waals surface area contributed by atoms with E-state index >= 15 is 0 Å². The molecule has 0 aliphatic carbocycles. The number of aromatic nitrogens is 1. The lowest BCUT2D eigenvalue weighted by molar-refractivity contribution is -0.135. The van der Waals surface area contributed by atoms with Crippen molar-refractivity contribution in [1.29, 1.82) is 0 Å². The summed E-state index contributed by atoms with van der Waals surface area (Å²) < 4.78 is 0.792. The van der Waals surface area contributed by atoms with Crippen molar-refractivity contribution < 1.29 is 9.59 Å². The third kappa shape index (κ3) is 3.32. The van der Waals surface area contributed by atoms with Crippen LogP contribution in [0.3, 0.4) is 0 Å². The molecule has 5 nitrogen and oxygen atoms in total. The molecule has 6 heteroatoms. The normalized spacial score (nSPS) is 22.0. The molecule has 2 aliphatic heterocycles. The topological polar surface area (TPSA) is 53.5 Å². The van der Waals surface area contributed by atoms with E-state index in [1.165, 1.54) is 0 Å². The van der Waals surface area contributed by atoms with E-state index in [1.54, 1.807) is 23.4 Å². The number of likely N-dealkylation sites (tertiary alicyclic amines) is 2. The molecular weight excluding hydrogens is 346 g/mol. The Kier molecular flexibility index (Phi) is 4.76. The van der Waals surface area contributed by atoms with E-state index in [9.17, 15) is 9.59 Å². The molecule has 22 heavy (non-hydrogen) atoms. The molecular formula is C16H20BrN3O2. The Bertz CT molecular complexity index is 572. The number of hydrogen-bond acceptors (Lipinski definition) is 3. The number of carbonyl (C=O) groups excluding carboxylic acids is 2. The van der Waals surface area contributed by atoms with Crippen molar-refractivity contribution >= 4 is 27.7 Å². The summed E-state index contributed by atoms with van der Waals surface area (Å²) in [6.45, 7) is 2.99. The van der Waals surface area contributed by atoms with Crippen LogP contribution in [0.15, 0.2) is 22.9 Å². The smallest absolute Gasteiger partial charge is 0.255 e. The lowest BCUT2D eigenvalue weighted by Gasteiger charge is -2.34. The number of rotatable bonds is 2. The number of halogens is 1. The van der Waals surface area contributed by atoms with Crippen LogP contribution in [0.2, 0.25) is 0 Å². The fraction of sp³-hybridized carbons (Fsp3) is 0.562. The Labute approximate surface area is 138 Å². The van der Waals surface area contributed by atoms with Crippen LogP contribution in [0.5, 0.6) is 0 Å². The third-order valence-electron chi connectivity index (χ3n) is 4.43.